The first-order valence-electron chi connectivity index (χ1n) is 31.1. The van der Waals surface area contributed by atoms with E-state index in [-0.39, 0.29) is 0 Å². The number of aromatic nitrogens is 6. The topological polar surface area (TPSA) is 106 Å². The third-order valence-electron chi connectivity index (χ3n) is 16.5. The van der Waals surface area contributed by atoms with Crippen molar-refractivity contribution >= 4 is 118 Å². The van der Waals surface area contributed by atoms with Crippen LogP contribution in [0.1, 0.15) is 11.1 Å². The molecule has 0 saturated heterocycles. The van der Waals surface area contributed by atoms with Crippen molar-refractivity contribution in [2.24, 2.45) is 0 Å². The predicted octanol–water partition coefficient (Wildman–Crippen LogP) is 22.1. The standard InChI is InChI=1S/C41H30ClN5.C24H18Cl2N2.C17H13N3/c42-41-36(45-31-21-24-38-34(27-31)33-13-4-5-16-37(33)47(38)40-18-7-9-26-44-40)15-10-17-39(41)46(28-29-11-2-1-3-12-29)32-22-19-30(20-23-32)35-14-6-8-25-43-35;25-21-9-6-11-23(24(21)26)28(17-18-7-2-1-3-8-18)20-14-12-19(13-15-20)22-10-4-5-16-27-22;18-12-8-9-16-14(11-12)13-5-1-2-6-15(13)20(16)17-7-3-4-10-19-17/h1-27,45H,28H2;1-16H,17H2;1-11H,18H2. The molecule has 0 atom stereocenters. The van der Waals surface area contributed by atoms with E-state index in [1.54, 1.807) is 12.3 Å². The van der Waals surface area contributed by atoms with Crippen LogP contribution in [0, 0.1) is 0 Å². The van der Waals surface area contributed by atoms with Crippen LogP contribution in [-0.2, 0) is 13.1 Å². The second-order valence-electron chi connectivity index (χ2n) is 22.6. The molecule has 10 aromatic carbocycles. The summed E-state index contributed by atoms with van der Waals surface area (Å²) in [5.41, 5.74) is 23.3. The van der Waals surface area contributed by atoms with E-state index in [9.17, 15) is 0 Å². The fourth-order valence-electron chi connectivity index (χ4n) is 12.0. The Morgan fingerprint density at radius 2 is 0.779 bits per heavy atom. The number of anilines is 7. The van der Waals surface area contributed by atoms with Crippen molar-refractivity contribution in [1.29, 1.82) is 0 Å². The maximum absolute atomic E-state index is 7.27. The van der Waals surface area contributed by atoms with Crippen molar-refractivity contribution in [2.45, 2.75) is 13.1 Å². The van der Waals surface area contributed by atoms with E-state index in [4.69, 9.17) is 40.5 Å². The molecule has 0 aliphatic rings. The Morgan fingerprint density at radius 1 is 0.347 bits per heavy atom. The number of pyridine rings is 4. The monoisotopic (exact) mass is 1290 g/mol. The van der Waals surface area contributed by atoms with Crippen LogP contribution >= 0.6 is 34.8 Å². The summed E-state index contributed by atoms with van der Waals surface area (Å²) in [7, 11) is 0. The number of hydrogen-bond donors (Lipinski definition) is 2. The van der Waals surface area contributed by atoms with E-state index < -0.39 is 0 Å². The highest BCUT2D eigenvalue weighted by atomic mass is 35.5. The second kappa shape index (κ2) is 28.1. The minimum Gasteiger partial charge on any atom is -0.399 e. The number of benzene rings is 10. The van der Waals surface area contributed by atoms with Gasteiger partial charge in [-0.15, -0.1) is 0 Å². The van der Waals surface area contributed by atoms with Gasteiger partial charge in [0, 0.05) is 93.3 Å². The lowest BCUT2D eigenvalue weighted by Crippen LogP contribution is -2.17. The van der Waals surface area contributed by atoms with Crippen LogP contribution < -0.4 is 20.9 Å². The van der Waals surface area contributed by atoms with Gasteiger partial charge in [-0.2, -0.15) is 0 Å². The van der Waals surface area contributed by atoms with Crippen LogP contribution in [0.3, 0.4) is 0 Å². The lowest BCUT2D eigenvalue weighted by molar-refractivity contribution is 0.975. The van der Waals surface area contributed by atoms with Crippen molar-refractivity contribution in [2.75, 3.05) is 20.9 Å². The predicted molar refractivity (Wildman–Crippen MR) is 397 cm³/mol. The van der Waals surface area contributed by atoms with Gasteiger partial charge in [-0.3, -0.25) is 19.1 Å². The summed E-state index contributed by atoms with van der Waals surface area (Å²) >= 11 is 20.1. The summed E-state index contributed by atoms with van der Waals surface area (Å²) in [5.74, 6) is 1.81. The van der Waals surface area contributed by atoms with Crippen LogP contribution in [0.2, 0.25) is 15.1 Å². The van der Waals surface area contributed by atoms with E-state index in [0.29, 0.717) is 28.2 Å². The lowest BCUT2D eigenvalue weighted by atomic mass is 10.1. The van der Waals surface area contributed by atoms with Gasteiger partial charge in [0.2, 0.25) is 0 Å². The third-order valence-corrected chi connectivity index (χ3v) is 17.7. The molecule has 16 rings (SSSR count). The van der Waals surface area contributed by atoms with E-state index in [1.165, 1.54) is 21.9 Å². The molecule has 0 saturated carbocycles. The summed E-state index contributed by atoms with van der Waals surface area (Å²) in [6, 6.07) is 102. The zero-order chi connectivity index (χ0) is 64.5. The summed E-state index contributed by atoms with van der Waals surface area (Å²) in [4.78, 5) is 22.5. The molecule has 10 nitrogen and oxygen atoms in total. The van der Waals surface area contributed by atoms with Gasteiger partial charge in [-0.05, 0) is 157 Å². The fourth-order valence-corrected chi connectivity index (χ4v) is 12.7. The van der Waals surface area contributed by atoms with Gasteiger partial charge in [-0.25, -0.2) is 9.97 Å². The van der Waals surface area contributed by atoms with Gasteiger partial charge < -0.3 is 20.9 Å². The highest BCUT2D eigenvalue weighted by Gasteiger charge is 2.20. The summed E-state index contributed by atoms with van der Waals surface area (Å²) < 4.78 is 4.38. The maximum atomic E-state index is 7.27. The van der Waals surface area contributed by atoms with Crippen molar-refractivity contribution < 1.29 is 0 Å². The average molecular weight is 1290 g/mol. The number of nitrogens with zero attached hydrogens (tertiary/aromatic N) is 8. The summed E-state index contributed by atoms with van der Waals surface area (Å²) in [5, 5.41) is 10.0. The Hall–Kier alpha value is -11.5. The first-order valence-corrected chi connectivity index (χ1v) is 32.2. The molecule has 6 aromatic heterocycles. The number of nitrogens with two attached hydrogens (primary N) is 1. The molecule has 16 aromatic rings. The molecule has 0 amide bonds. The minimum absolute atomic E-state index is 0.544. The Morgan fingerprint density at radius 3 is 1.27 bits per heavy atom. The molecule has 460 valence electrons. The molecule has 0 aliphatic carbocycles. The van der Waals surface area contributed by atoms with Gasteiger partial charge in [0.1, 0.15) is 11.6 Å². The molecule has 0 bridgehead atoms. The van der Waals surface area contributed by atoms with Crippen LogP contribution in [0.15, 0.2) is 328 Å². The highest BCUT2D eigenvalue weighted by Crippen LogP contribution is 2.42. The molecule has 0 aliphatic heterocycles. The minimum atomic E-state index is 0.544. The third kappa shape index (κ3) is 13.3. The number of para-hydroxylation sites is 2. The Balaban J connectivity index is 0.000000136. The van der Waals surface area contributed by atoms with E-state index in [0.717, 1.165) is 107 Å². The molecular weight excluding hydrogens is 1230 g/mol. The molecule has 0 radical (unpaired) electrons. The van der Waals surface area contributed by atoms with Crippen LogP contribution in [0.4, 0.5) is 39.8 Å². The first kappa shape index (κ1) is 61.0. The maximum Gasteiger partial charge on any atom is 0.137 e. The van der Waals surface area contributed by atoms with Gasteiger partial charge in [0.05, 0.1) is 65.6 Å². The quantitative estimate of drug-likeness (QED) is 0.104. The van der Waals surface area contributed by atoms with Gasteiger partial charge in [-0.1, -0.05) is 193 Å². The first-order chi connectivity index (χ1) is 46.8. The van der Waals surface area contributed by atoms with Crippen molar-refractivity contribution in [1.82, 2.24) is 29.1 Å². The normalized spacial score (nSPS) is 11.0. The molecule has 13 heteroatoms. The average Bonchev–Trinajstić information content (AvgIpc) is 1.71. The molecule has 95 heavy (non-hydrogen) atoms. The number of fused-ring (bicyclic) bond motifs is 6. The zero-order valence-corrected chi connectivity index (χ0v) is 53.6. The molecule has 0 spiro atoms. The van der Waals surface area contributed by atoms with Gasteiger partial charge in [0.15, 0.2) is 0 Å². The number of rotatable bonds is 14. The SMILES string of the molecule is Clc1c(Nc2ccc3c(c2)c2ccccc2n3-c2ccccn2)cccc1N(Cc1ccccc1)c1ccc(-c2ccccn2)cc1.Clc1cccc(N(Cc2ccccc2)c2ccc(-c3ccccn3)cc2)c1Cl.Nc1ccc2c(c1)c1ccccc1n2-c1ccccn1. The highest BCUT2D eigenvalue weighted by molar-refractivity contribution is 6.43. The van der Waals surface area contributed by atoms with Crippen LogP contribution in [-0.4, -0.2) is 29.1 Å². The van der Waals surface area contributed by atoms with Gasteiger partial charge >= 0.3 is 0 Å². The van der Waals surface area contributed by atoms with Crippen molar-refractivity contribution in [3.63, 3.8) is 0 Å². The Labute approximate surface area is 566 Å². The molecule has 3 N–H and O–H groups in total. The largest absolute Gasteiger partial charge is 0.399 e. The molecule has 0 unspecified atom stereocenters. The number of hydrogen-bond acceptors (Lipinski definition) is 8. The van der Waals surface area contributed by atoms with E-state index in [1.807, 2.05) is 158 Å². The summed E-state index contributed by atoms with van der Waals surface area (Å²) in [6.45, 7) is 1.34. The molecule has 6 heterocycles. The fraction of sp³-hybridized carbons (Fsp3) is 0.0244. The molecular formula is C82H61Cl3N10. The van der Waals surface area contributed by atoms with E-state index in [2.05, 4.69) is 202 Å². The Kier molecular flexibility index (Phi) is 18.1. The van der Waals surface area contributed by atoms with Crippen LogP contribution in [0.25, 0.3) is 77.8 Å². The molecule has 0 fully saturated rings. The number of halogens is 3. The zero-order valence-electron chi connectivity index (χ0n) is 51.4. The van der Waals surface area contributed by atoms with Gasteiger partial charge in [0.25, 0.3) is 0 Å². The smallest absolute Gasteiger partial charge is 0.137 e. The number of nitrogen functional groups attached to an aromatic ring is 1. The van der Waals surface area contributed by atoms with Crippen molar-refractivity contribution in [3.8, 4) is 34.2 Å². The summed E-state index contributed by atoms with van der Waals surface area (Å²) in [6.07, 6.45) is 7.26. The van der Waals surface area contributed by atoms with E-state index >= 15 is 0 Å². The number of nitrogens with one attached hydrogen (secondary N) is 1. The Bertz CT molecular complexity index is 5250. The van der Waals surface area contributed by atoms with Crippen LogP contribution in [0.5, 0.6) is 0 Å². The second-order valence-corrected chi connectivity index (χ2v) is 23.8. The van der Waals surface area contributed by atoms with Crippen molar-refractivity contribution in [3.05, 3.63) is 354 Å². The lowest BCUT2D eigenvalue weighted by Gasteiger charge is -2.27.